The fraction of sp³-hybridized carbons (Fsp3) is 0.182. The summed E-state index contributed by atoms with van der Waals surface area (Å²) in [6.07, 6.45) is -1.38. The summed E-state index contributed by atoms with van der Waals surface area (Å²) in [7, 11) is 0. The lowest BCUT2D eigenvalue weighted by Gasteiger charge is -2.22. The van der Waals surface area contributed by atoms with Gasteiger partial charge in [-0.1, -0.05) is 116 Å². The Balaban J connectivity index is 1.20. The molecule has 52 heavy (non-hydrogen) atoms. The van der Waals surface area contributed by atoms with Crippen LogP contribution >= 0.6 is 0 Å². The quantitative estimate of drug-likeness (QED) is 0.0508. The van der Waals surface area contributed by atoms with E-state index in [0.717, 1.165) is 22.3 Å². The van der Waals surface area contributed by atoms with Gasteiger partial charge >= 0.3 is 11.9 Å². The third kappa shape index (κ3) is 10.9. The Morgan fingerprint density at radius 3 is 1.31 bits per heavy atom. The molecule has 0 bridgehead atoms. The minimum absolute atomic E-state index is 0.179. The van der Waals surface area contributed by atoms with Crippen LogP contribution in [0.2, 0.25) is 0 Å². The summed E-state index contributed by atoms with van der Waals surface area (Å²) in [5.74, 6) is 1.12. The van der Waals surface area contributed by atoms with Crippen LogP contribution in [0.1, 0.15) is 26.7 Å². The van der Waals surface area contributed by atoms with Crippen LogP contribution in [0.3, 0.4) is 0 Å². The van der Waals surface area contributed by atoms with Gasteiger partial charge in [0.25, 0.3) is 0 Å². The van der Waals surface area contributed by atoms with Gasteiger partial charge in [0, 0.05) is 28.3 Å². The largest absolute Gasteiger partial charge is 0.493 e. The maximum Gasteiger partial charge on any atom is 0.336 e. The van der Waals surface area contributed by atoms with Crippen molar-refractivity contribution in [2.24, 2.45) is 0 Å². The average molecular weight is 699 g/mol. The molecule has 0 aromatic heterocycles. The van der Waals surface area contributed by atoms with Crippen LogP contribution in [-0.4, -0.2) is 37.7 Å². The number of esters is 2. The molecular formula is C44H42O8. The normalized spacial score (nSPS) is 11.7. The number of hydrogen-bond acceptors (Lipinski definition) is 8. The van der Waals surface area contributed by atoms with E-state index >= 15 is 0 Å². The molecule has 0 aliphatic rings. The van der Waals surface area contributed by atoms with Crippen molar-refractivity contribution in [3.63, 3.8) is 0 Å². The van der Waals surface area contributed by atoms with Crippen molar-refractivity contribution in [2.75, 3.05) is 13.2 Å². The first-order valence-corrected chi connectivity index (χ1v) is 17.0. The van der Waals surface area contributed by atoms with E-state index in [9.17, 15) is 9.59 Å². The summed E-state index contributed by atoms with van der Waals surface area (Å²) in [6, 6.07) is 42.0. The fourth-order valence-corrected chi connectivity index (χ4v) is 5.06. The van der Waals surface area contributed by atoms with Crippen LogP contribution in [0.15, 0.2) is 158 Å². The lowest BCUT2D eigenvalue weighted by molar-refractivity contribution is -0.161. The Bertz CT molecular complexity index is 1820. The first-order valence-electron chi connectivity index (χ1n) is 17.0. The maximum absolute atomic E-state index is 12.5. The zero-order chi connectivity index (χ0) is 36.7. The second kappa shape index (κ2) is 18.6. The molecule has 0 radical (unpaired) electrons. The number of carbonyl (C=O) groups excluding carboxylic acids is 2. The molecular weight excluding hydrogens is 656 g/mol. The van der Waals surface area contributed by atoms with Crippen molar-refractivity contribution in [3.05, 3.63) is 158 Å². The van der Waals surface area contributed by atoms with E-state index in [0.29, 0.717) is 23.0 Å². The fourth-order valence-electron chi connectivity index (χ4n) is 5.06. The number of ether oxygens (including phenoxy) is 6. The molecule has 0 aliphatic heterocycles. The second-order valence-corrected chi connectivity index (χ2v) is 11.9. The highest BCUT2D eigenvalue weighted by molar-refractivity contribution is 5.87. The van der Waals surface area contributed by atoms with Crippen molar-refractivity contribution in [1.82, 2.24) is 0 Å². The van der Waals surface area contributed by atoms with Gasteiger partial charge in [-0.2, -0.15) is 0 Å². The summed E-state index contributed by atoms with van der Waals surface area (Å²) in [5, 5.41) is 0. The lowest BCUT2D eigenvalue weighted by Crippen LogP contribution is -2.27. The number of rotatable bonds is 18. The molecule has 5 aromatic carbocycles. The van der Waals surface area contributed by atoms with Crippen LogP contribution in [0.4, 0.5) is 0 Å². The molecule has 0 N–H and O–H groups in total. The van der Waals surface area contributed by atoms with Gasteiger partial charge < -0.3 is 28.4 Å². The Kier molecular flexibility index (Phi) is 13.3. The summed E-state index contributed by atoms with van der Waals surface area (Å²) in [6.45, 7) is 10.9. The molecule has 0 saturated heterocycles. The van der Waals surface area contributed by atoms with Gasteiger partial charge in [0.05, 0.1) is 26.1 Å². The van der Waals surface area contributed by atoms with E-state index in [1.807, 2.05) is 109 Å². The third-order valence-corrected chi connectivity index (χ3v) is 7.68. The van der Waals surface area contributed by atoms with E-state index in [4.69, 9.17) is 28.4 Å². The van der Waals surface area contributed by atoms with Gasteiger partial charge in [-0.15, -0.1) is 0 Å². The molecule has 5 aromatic rings. The number of benzene rings is 5. The van der Waals surface area contributed by atoms with Crippen LogP contribution < -0.4 is 18.9 Å². The molecule has 8 heteroatoms. The second-order valence-electron chi connectivity index (χ2n) is 11.9. The van der Waals surface area contributed by atoms with Crippen molar-refractivity contribution in [3.8, 4) is 45.3 Å². The highest BCUT2D eigenvalue weighted by atomic mass is 16.7. The molecule has 0 aliphatic carbocycles. The van der Waals surface area contributed by atoms with Crippen LogP contribution in [-0.2, 0) is 19.1 Å². The molecule has 2 unspecified atom stereocenters. The minimum Gasteiger partial charge on any atom is -0.493 e. The Morgan fingerprint density at radius 1 is 0.519 bits per heavy atom. The van der Waals surface area contributed by atoms with E-state index in [1.165, 1.54) is 0 Å². The Hall–Kier alpha value is -6.28. The van der Waals surface area contributed by atoms with E-state index < -0.39 is 24.5 Å². The molecule has 0 heterocycles. The van der Waals surface area contributed by atoms with Gasteiger partial charge in [-0.3, -0.25) is 0 Å². The highest BCUT2D eigenvalue weighted by Crippen LogP contribution is 2.32. The van der Waals surface area contributed by atoms with E-state index in [-0.39, 0.29) is 37.2 Å². The topological polar surface area (TPSA) is 89.5 Å². The SMILES string of the molecule is C=C(C)C(=O)OC(CCOc1cccc(OCCC(OC(=O)C(=C)C)Oc2ccccc2-c2ccccc2)c1)Oc1ccccc1-c1ccccc1. The first kappa shape index (κ1) is 37.0. The molecule has 0 spiro atoms. The van der Waals surface area contributed by atoms with Crippen molar-refractivity contribution >= 4 is 11.9 Å². The van der Waals surface area contributed by atoms with Crippen LogP contribution in [0.5, 0.6) is 23.0 Å². The van der Waals surface area contributed by atoms with E-state index in [1.54, 1.807) is 38.1 Å². The summed E-state index contributed by atoms with van der Waals surface area (Å²) < 4.78 is 35.8. The van der Waals surface area contributed by atoms with Gasteiger partial charge in [-0.25, -0.2) is 9.59 Å². The number of hydrogen-bond donors (Lipinski definition) is 0. The van der Waals surface area contributed by atoms with Gasteiger partial charge in [0.1, 0.15) is 23.0 Å². The van der Waals surface area contributed by atoms with Crippen LogP contribution in [0.25, 0.3) is 22.3 Å². The third-order valence-electron chi connectivity index (χ3n) is 7.68. The monoisotopic (exact) mass is 698 g/mol. The standard InChI is InChI=1S/C44H42O8/c1-31(2)43(45)51-41(49-39-24-13-11-22-37(39)33-16-7-5-8-17-33)26-28-47-35-20-15-21-36(30-35)48-29-27-42(52-44(46)32(3)4)50-40-25-14-12-23-38(40)34-18-9-6-10-19-34/h5-25,30,41-42H,1,3,26-29H2,2,4H3. The Labute approximate surface area is 304 Å². The summed E-state index contributed by atoms with van der Waals surface area (Å²) in [4.78, 5) is 25.0. The average Bonchev–Trinajstić information content (AvgIpc) is 3.16. The predicted molar refractivity (Wildman–Crippen MR) is 201 cm³/mol. The zero-order valence-corrected chi connectivity index (χ0v) is 29.4. The molecule has 266 valence electrons. The predicted octanol–water partition coefficient (Wildman–Crippen LogP) is 9.61. The molecule has 8 nitrogen and oxygen atoms in total. The molecule has 5 rings (SSSR count). The maximum atomic E-state index is 12.5. The minimum atomic E-state index is -0.931. The van der Waals surface area contributed by atoms with Crippen LogP contribution in [0, 0.1) is 0 Å². The smallest absolute Gasteiger partial charge is 0.336 e. The summed E-state index contributed by atoms with van der Waals surface area (Å²) in [5.41, 5.74) is 4.21. The Morgan fingerprint density at radius 2 is 0.904 bits per heavy atom. The number of carbonyl (C=O) groups is 2. The number of para-hydroxylation sites is 2. The van der Waals surface area contributed by atoms with Crippen molar-refractivity contribution in [1.29, 1.82) is 0 Å². The molecule has 0 fully saturated rings. The van der Waals surface area contributed by atoms with Gasteiger partial charge in [-0.05, 0) is 49.2 Å². The zero-order valence-electron chi connectivity index (χ0n) is 29.4. The van der Waals surface area contributed by atoms with Crippen molar-refractivity contribution in [2.45, 2.75) is 39.3 Å². The van der Waals surface area contributed by atoms with Gasteiger partial charge in [0.2, 0.25) is 12.6 Å². The first-order chi connectivity index (χ1) is 25.3. The van der Waals surface area contributed by atoms with Crippen molar-refractivity contribution < 1.29 is 38.0 Å². The highest BCUT2D eigenvalue weighted by Gasteiger charge is 2.21. The van der Waals surface area contributed by atoms with Gasteiger partial charge in [0.15, 0.2) is 0 Å². The summed E-state index contributed by atoms with van der Waals surface area (Å²) >= 11 is 0. The molecule has 2 atom stereocenters. The lowest BCUT2D eigenvalue weighted by atomic mass is 10.1. The molecule has 0 saturated carbocycles. The molecule has 0 amide bonds. The van der Waals surface area contributed by atoms with E-state index in [2.05, 4.69) is 13.2 Å².